The Hall–Kier alpha value is -1.16. The molecule has 94 valence electrons. The van der Waals surface area contributed by atoms with E-state index in [0.29, 0.717) is 6.54 Å². The highest BCUT2D eigenvalue weighted by Crippen LogP contribution is 2.24. The summed E-state index contributed by atoms with van der Waals surface area (Å²) in [5, 5.41) is 2.80. The molecule has 0 saturated heterocycles. The normalized spacial score (nSPS) is 10.1. The van der Waals surface area contributed by atoms with Crippen molar-refractivity contribution in [2.75, 3.05) is 19.4 Å². The van der Waals surface area contributed by atoms with Gasteiger partial charge in [-0.2, -0.15) is 12.6 Å². The summed E-state index contributed by atoms with van der Waals surface area (Å²) in [6, 6.07) is 4.14. The molecule has 0 aliphatic rings. The Morgan fingerprint density at radius 3 is 2.71 bits per heavy atom. The summed E-state index contributed by atoms with van der Waals surface area (Å²) >= 11 is 3.91. The molecule has 1 aromatic carbocycles. The predicted molar refractivity (Wildman–Crippen MR) is 73.0 cm³/mol. The Kier molecular flexibility index (Phi) is 5.35. The molecule has 0 aromatic heterocycles. The van der Waals surface area contributed by atoms with E-state index >= 15 is 0 Å². The maximum atomic E-state index is 11.1. The van der Waals surface area contributed by atoms with E-state index in [9.17, 15) is 4.79 Å². The van der Waals surface area contributed by atoms with Gasteiger partial charge in [0.15, 0.2) is 0 Å². The standard InChI is InChI=1S/C13H19NO2S/c1-9-6-10(2)11(12(7-9)16-3)4-5-14-13(15)8-17/h6-7,17H,4-5,8H2,1-3H3,(H,14,15). The van der Waals surface area contributed by atoms with E-state index in [-0.39, 0.29) is 11.7 Å². The summed E-state index contributed by atoms with van der Waals surface area (Å²) in [7, 11) is 1.67. The van der Waals surface area contributed by atoms with Gasteiger partial charge in [0.1, 0.15) is 5.75 Å². The van der Waals surface area contributed by atoms with E-state index in [4.69, 9.17) is 4.74 Å². The highest BCUT2D eigenvalue weighted by Gasteiger charge is 2.08. The van der Waals surface area contributed by atoms with E-state index in [0.717, 1.165) is 17.7 Å². The molecule has 0 atom stereocenters. The van der Waals surface area contributed by atoms with Crippen LogP contribution < -0.4 is 10.1 Å². The van der Waals surface area contributed by atoms with Crippen LogP contribution in [0.3, 0.4) is 0 Å². The molecular weight excluding hydrogens is 234 g/mol. The molecule has 0 saturated carbocycles. The Bertz CT molecular complexity index is 405. The van der Waals surface area contributed by atoms with Crippen molar-refractivity contribution < 1.29 is 9.53 Å². The number of amides is 1. The number of ether oxygens (including phenoxy) is 1. The van der Waals surface area contributed by atoms with Gasteiger partial charge in [-0.25, -0.2) is 0 Å². The summed E-state index contributed by atoms with van der Waals surface area (Å²) in [5.41, 5.74) is 3.53. The first-order chi connectivity index (χ1) is 8.08. The van der Waals surface area contributed by atoms with Crippen LogP contribution in [0.4, 0.5) is 0 Å². The first-order valence-electron chi connectivity index (χ1n) is 5.60. The highest BCUT2D eigenvalue weighted by molar-refractivity contribution is 7.81. The zero-order chi connectivity index (χ0) is 12.8. The van der Waals surface area contributed by atoms with Crippen LogP contribution in [-0.4, -0.2) is 25.3 Å². The van der Waals surface area contributed by atoms with Crippen molar-refractivity contribution in [1.82, 2.24) is 5.32 Å². The number of thiol groups is 1. The first-order valence-corrected chi connectivity index (χ1v) is 6.23. The molecule has 0 heterocycles. The number of rotatable bonds is 5. The van der Waals surface area contributed by atoms with Crippen LogP contribution in [0.15, 0.2) is 12.1 Å². The second-order valence-electron chi connectivity index (χ2n) is 4.02. The molecule has 0 fully saturated rings. The van der Waals surface area contributed by atoms with Crippen molar-refractivity contribution in [3.63, 3.8) is 0 Å². The van der Waals surface area contributed by atoms with E-state index in [1.54, 1.807) is 7.11 Å². The zero-order valence-electron chi connectivity index (χ0n) is 10.5. The van der Waals surface area contributed by atoms with Crippen molar-refractivity contribution in [2.45, 2.75) is 20.3 Å². The lowest BCUT2D eigenvalue weighted by Crippen LogP contribution is -2.26. The maximum absolute atomic E-state index is 11.1. The molecule has 3 nitrogen and oxygen atoms in total. The zero-order valence-corrected chi connectivity index (χ0v) is 11.4. The Labute approximate surface area is 108 Å². The Morgan fingerprint density at radius 1 is 1.41 bits per heavy atom. The summed E-state index contributed by atoms with van der Waals surface area (Å²) in [4.78, 5) is 11.1. The summed E-state index contributed by atoms with van der Waals surface area (Å²) in [6.45, 7) is 4.72. The van der Waals surface area contributed by atoms with Crippen LogP contribution in [0.25, 0.3) is 0 Å². The van der Waals surface area contributed by atoms with Crippen molar-refractivity contribution in [1.29, 1.82) is 0 Å². The van der Waals surface area contributed by atoms with Gasteiger partial charge in [0.2, 0.25) is 5.91 Å². The van der Waals surface area contributed by atoms with Crippen molar-refractivity contribution in [2.24, 2.45) is 0 Å². The lowest BCUT2D eigenvalue weighted by Gasteiger charge is -2.13. The van der Waals surface area contributed by atoms with Crippen LogP contribution in [0.2, 0.25) is 0 Å². The van der Waals surface area contributed by atoms with E-state index in [2.05, 4.69) is 30.9 Å². The fraction of sp³-hybridized carbons (Fsp3) is 0.462. The third-order valence-electron chi connectivity index (χ3n) is 2.64. The van der Waals surface area contributed by atoms with Gasteiger partial charge < -0.3 is 10.1 Å². The fourth-order valence-corrected chi connectivity index (χ4v) is 1.96. The predicted octanol–water partition coefficient (Wildman–Crippen LogP) is 1.90. The van der Waals surface area contributed by atoms with Crippen LogP contribution >= 0.6 is 12.6 Å². The van der Waals surface area contributed by atoms with E-state index < -0.39 is 0 Å². The Morgan fingerprint density at radius 2 is 2.12 bits per heavy atom. The second kappa shape index (κ2) is 6.55. The van der Waals surface area contributed by atoms with Crippen LogP contribution in [-0.2, 0) is 11.2 Å². The van der Waals surface area contributed by atoms with Crippen molar-refractivity contribution >= 4 is 18.5 Å². The quantitative estimate of drug-likeness (QED) is 0.787. The molecule has 4 heteroatoms. The monoisotopic (exact) mass is 253 g/mol. The highest BCUT2D eigenvalue weighted by atomic mass is 32.1. The largest absolute Gasteiger partial charge is 0.496 e. The van der Waals surface area contributed by atoms with Gasteiger partial charge in [-0.1, -0.05) is 6.07 Å². The molecular formula is C13H19NO2S. The second-order valence-corrected chi connectivity index (χ2v) is 4.34. The molecule has 1 amide bonds. The SMILES string of the molecule is COc1cc(C)cc(C)c1CCNC(=O)CS. The minimum Gasteiger partial charge on any atom is -0.496 e. The van der Waals surface area contributed by atoms with Gasteiger partial charge in [0.25, 0.3) is 0 Å². The maximum Gasteiger partial charge on any atom is 0.229 e. The molecule has 1 aromatic rings. The van der Waals surface area contributed by atoms with E-state index in [1.807, 2.05) is 13.0 Å². The van der Waals surface area contributed by atoms with Gasteiger partial charge in [0.05, 0.1) is 12.9 Å². The van der Waals surface area contributed by atoms with Crippen molar-refractivity contribution in [3.8, 4) is 5.75 Å². The molecule has 17 heavy (non-hydrogen) atoms. The molecule has 0 unspecified atom stereocenters. The molecule has 0 aliphatic carbocycles. The van der Waals surface area contributed by atoms with Crippen molar-refractivity contribution in [3.05, 3.63) is 28.8 Å². The number of hydrogen-bond donors (Lipinski definition) is 2. The lowest BCUT2D eigenvalue weighted by atomic mass is 10.0. The number of aryl methyl sites for hydroxylation is 2. The van der Waals surface area contributed by atoms with Gasteiger partial charge in [-0.05, 0) is 43.0 Å². The minimum absolute atomic E-state index is 0.0444. The third kappa shape index (κ3) is 3.97. The average Bonchev–Trinajstić information content (AvgIpc) is 2.30. The van der Waals surface area contributed by atoms with Gasteiger partial charge in [0, 0.05) is 6.54 Å². The number of carbonyl (C=O) groups excluding carboxylic acids is 1. The number of hydrogen-bond acceptors (Lipinski definition) is 3. The van der Waals surface area contributed by atoms with E-state index in [1.165, 1.54) is 11.1 Å². The Balaban J connectivity index is 2.73. The first kappa shape index (κ1) is 13.9. The third-order valence-corrected chi connectivity index (χ3v) is 2.92. The molecule has 1 N–H and O–H groups in total. The average molecular weight is 253 g/mol. The number of carbonyl (C=O) groups is 1. The lowest BCUT2D eigenvalue weighted by molar-refractivity contribution is -0.118. The minimum atomic E-state index is -0.0444. The van der Waals surface area contributed by atoms with Gasteiger partial charge in [-0.3, -0.25) is 4.79 Å². The number of methoxy groups -OCH3 is 1. The topological polar surface area (TPSA) is 38.3 Å². The molecule has 0 bridgehead atoms. The van der Waals surface area contributed by atoms with Gasteiger partial charge >= 0.3 is 0 Å². The molecule has 0 spiro atoms. The number of nitrogens with one attached hydrogen (secondary N) is 1. The molecule has 0 aliphatic heterocycles. The van der Waals surface area contributed by atoms with Crippen LogP contribution in [0.1, 0.15) is 16.7 Å². The summed E-state index contributed by atoms with van der Waals surface area (Å²) in [5.74, 6) is 1.07. The summed E-state index contributed by atoms with van der Waals surface area (Å²) < 4.78 is 5.36. The molecule has 0 radical (unpaired) electrons. The number of benzene rings is 1. The summed E-state index contributed by atoms with van der Waals surface area (Å²) in [6.07, 6.45) is 0.773. The van der Waals surface area contributed by atoms with Crippen LogP contribution in [0, 0.1) is 13.8 Å². The fourth-order valence-electron chi connectivity index (χ4n) is 1.84. The van der Waals surface area contributed by atoms with Crippen LogP contribution in [0.5, 0.6) is 5.75 Å². The molecule has 1 rings (SSSR count). The smallest absolute Gasteiger partial charge is 0.229 e. The van der Waals surface area contributed by atoms with Gasteiger partial charge in [-0.15, -0.1) is 0 Å².